The van der Waals surface area contributed by atoms with Crippen molar-refractivity contribution in [1.82, 2.24) is 9.62 Å². The Kier molecular flexibility index (Phi) is 6.15. The van der Waals surface area contributed by atoms with Gasteiger partial charge in [-0.05, 0) is 25.0 Å². The number of nitrogens with one attached hydrogen (secondary N) is 1. The fourth-order valence-electron chi connectivity index (χ4n) is 2.61. The molecule has 1 heterocycles. The fourth-order valence-corrected chi connectivity index (χ4v) is 3.76. The summed E-state index contributed by atoms with van der Waals surface area (Å²) in [6.45, 7) is 0.210. The van der Waals surface area contributed by atoms with Crippen molar-refractivity contribution in [2.24, 2.45) is 5.41 Å². The summed E-state index contributed by atoms with van der Waals surface area (Å²) in [5, 5.41) is 12.0. The predicted octanol–water partition coefficient (Wildman–Crippen LogP) is 0.305. The maximum atomic E-state index is 12.4. The molecular weight excluding hydrogens is 348 g/mol. The zero-order valence-electron chi connectivity index (χ0n) is 14.0. The average molecular weight is 370 g/mol. The van der Waals surface area contributed by atoms with E-state index in [4.69, 9.17) is 4.74 Å². The molecule has 0 spiro atoms. The summed E-state index contributed by atoms with van der Waals surface area (Å²) in [7, 11) is -2.46. The highest BCUT2D eigenvalue weighted by atomic mass is 32.2. The van der Waals surface area contributed by atoms with E-state index >= 15 is 0 Å². The Morgan fingerprint density at radius 3 is 2.40 bits per heavy atom. The second-order valence-electron chi connectivity index (χ2n) is 6.05. The first-order chi connectivity index (χ1) is 11.8. The van der Waals surface area contributed by atoms with Crippen molar-refractivity contribution in [2.75, 3.05) is 33.4 Å². The van der Waals surface area contributed by atoms with Crippen LogP contribution < -0.4 is 5.32 Å². The molecule has 0 unspecified atom stereocenters. The van der Waals surface area contributed by atoms with Crippen molar-refractivity contribution in [3.05, 3.63) is 30.3 Å². The lowest BCUT2D eigenvalue weighted by molar-refractivity contribution is -0.154. The van der Waals surface area contributed by atoms with Crippen LogP contribution >= 0.6 is 0 Å². The summed E-state index contributed by atoms with van der Waals surface area (Å²) in [4.78, 5) is 23.7. The smallest absolute Gasteiger partial charge is 0.311 e. The summed E-state index contributed by atoms with van der Waals surface area (Å²) in [6, 6.07) is 7.80. The van der Waals surface area contributed by atoms with E-state index in [1.807, 2.05) is 0 Å². The molecule has 0 atom stereocenters. The highest BCUT2D eigenvalue weighted by molar-refractivity contribution is 7.89. The van der Waals surface area contributed by atoms with Gasteiger partial charge in [-0.3, -0.25) is 9.59 Å². The number of carboxylic acids is 1. The Hall–Kier alpha value is -1.97. The highest BCUT2D eigenvalue weighted by Crippen LogP contribution is 2.30. The van der Waals surface area contributed by atoms with Crippen LogP contribution in [0.5, 0.6) is 0 Å². The number of carbonyl (C=O) groups is 2. The molecule has 138 valence electrons. The minimum absolute atomic E-state index is 0.0518. The van der Waals surface area contributed by atoms with Crippen molar-refractivity contribution in [2.45, 2.75) is 17.7 Å². The van der Waals surface area contributed by atoms with E-state index in [0.29, 0.717) is 26.1 Å². The number of ether oxygens (including phenoxy) is 1. The molecule has 1 aliphatic heterocycles. The molecule has 0 bridgehead atoms. The second kappa shape index (κ2) is 7.94. The zero-order chi connectivity index (χ0) is 18.5. The van der Waals surface area contributed by atoms with Gasteiger partial charge in [-0.25, -0.2) is 8.42 Å². The molecule has 1 aromatic rings. The summed E-state index contributed by atoms with van der Waals surface area (Å²) >= 11 is 0. The van der Waals surface area contributed by atoms with Gasteiger partial charge in [0.2, 0.25) is 15.9 Å². The fraction of sp³-hybridized carbons (Fsp3) is 0.500. The first-order valence-corrected chi connectivity index (χ1v) is 9.31. The third kappa shape index (κ3) is 4.56. The molecule has 0 aromatic heterocycles. The number of carbonyl (C=O) groups excluding carboxylic acids is 1. The summed E-state index contributed by atoms with van der Waals surface area (Å²) in [6.07, 6.45) is 0.613. The molecule has 1 fully saturated rings. The molecular formula is C16H22N2O6S. The zero-order valence-corrected chi connectivity index (χ0v) is 14.8. The van der Waals surface area contributed by atoms with Gasteiger partial charge >= 0.3 is 5.97 Å². The molecule has 2 rings (SSSR count). The number of carboxylic acid groups (broad SMARTS) is 1. The lowest BCUT2D eigenvalue weighted by atomic mass is 9.80. The van der Waals surface area contributed by atoms with Gasteiger partial charge in [0.1, 0.15) is 0 Å². The first kappa shape index (κ1) is 19.4. The molecule has 2 N–H and O–H groups in total. The highest BCUT2D eigenvalue weighted by Gasteiger charge is 2.40. The van der Waals surface area contributed by atoms with Crippen LogP contribution in [-0.2, 0) is 24.3 Å². The number of rotatable bonds is 7. The lowest BCUT2D eigenvalue weighted by Crippen LogP contribution is -2.48. The maximum Gasteiger partial charge on any atom is 0.311 e. The van der Waals surface area contributed by atoms with Crippen molar-refractivity contribution >= 4 is 21.9 Å². The van der Waals surface area contributed by atoms with E-state index in [1.165, 1.54) is 19.2 Å². The molecule has 0 aliphatic carbocycles. The van der Waals surface area contributed by atoms with E-state index in [2.05, 4.69) is 5.32 Å². The van der Waals surface area contributed by atoms with E-state index in [9.17, 15) is 23.1 Å². The van der Waals surface area contributed by atoms with E-state index in [-0.39, 0.29) is 18.0 Å². The molecule has 1 aliphatic rings. The van der Waals surface area contributed by atoms with Gasteiger partial charge in [0.15, 0.2) is 0 Å². The van der Waals surface area contributed by atoms with Crippen molar-refractivity contribution in [3.8, 4) is 0 Å². The van der Waals surface area contributed by atoms with Crippen LogP contribution in [0.2, 0.25) is 0 Å². The normalized spacial score (nSPS) is 17.2. The number of nitrogens with zero attached hydrogens (tertiary/aromatic N) is 1. The van der Waals surface area contributed by atoms with Crippen LogP contribution in [0, 0.1) is 5.41 Å². The van der Waals surface area contributed by atoms with Gasteiger partial charge < -0.3 is 15.2 Å². The molecule has 1 saturated heterocycles. The number of benzene rings is 1. The van der Waals surface area contributed by atoms with E-state index < -0.39 is 27.3 Å². The topological polar surface area (TPSA) is 113 Å². The quantitative estimate of drug-likeness (QED) is 0.714. The number of likely N-dealkylation sites (N-methyl/N-ethyl adjacent to an activating group) is 1. The van der Waals surface area contributed by atoms with Gasteiger partial charge in [-0.2, -0.15) is 4.31 Å². The molecule has 0 saturated carbocycles. The largest absolute Gasteiger partial charge is 0.481 e. The van der Waals surface area contributed by atoms with Crippen LogP contribution in [0.4, 0.5) is 0 Å². The van der Waals surface area contributed by atoms with Crippen LogP contribution in [0.1, 0.15) is 12.8 Å². The van der Waals surface area contributed by atoms with Gasteiger partial charge in [0, 0.05) is 26.8 Å². The third-order valence-corrected chi connectivity index (χ3v) is 6.16. The SMILES string of the molecule is CN(CC(=O)NCC1(C(=O)O)CCOCC1)S(=O)(=O)c1ccccc1. The average Bonchev–Trinajstić information content (AvgIpc) is 2.61. The predicted molar refractivity (Wildman–Crippen MR) is 89.4 cm³/mol. The van der Waals surface area contributed by atoms with Crippen LogP contribution in [0.3, 0.4) is 0 Å². The Labute approximate surface area is 146 Å². The molecule has 25 heavy (non-hydrogen) atoms. The van der Waals surface area contributed by atoms with Crippen LogP contribution in [-0.4, -0.2) is 63.1 Å². The van der Waals surface area contributed by atoms with Gasteiger partial charge in [-0.1, -0.05) is 18.2 Å². The Bertz CT molecular complexity index is 713. The van der Waals surface area contributed by atoms with Crippen molar-refractivity contribution in [1.29, 1.82) is 0 Å². The minimum atomic E-state index is -3.77. The molecule has 0 radical (unpaired) electrons. The Morgan fingerprint density at radius 2 is 1.84 bits per heavy atom. The van der Waals surface area contributed by atoms with Crippen LogP contribution in [0.25, 0.3) is 0 Å². The van der Waals surface area contributed by atoms with Crippen LogP contribution in [0.15, 0.2) is 35.2 Å². The second-order valence-corrected chi connectivity index (χ2v) is 8.09. The Morgan fingerprint density at radius 1 is 1.24 bits per heavy atom. The summed E-state index contributed by atoms with van der Waals surface area (Å²) in [5.41, 5.74) is -1.06. The number of hydrogen-bond donors (Lipinski definition) is 2. The van der Waals surface area contributed by atoms with Gasteiger partial charge in [0.05, 0.1) is 16.9 Å². The standard InChI is InChI=1S/C16H22N2O6S/c1-18(25(22,23)13-5-3-2-4-6-13)11-14(19)17-12-16(15(20)21)7-9-24-10-8-16/h2-6H,7-12H2,1H3,(H,17,19)(H,20,21). The molecule has 1 amide bonds. The minimum Gasteiger partial charge on any atom is -0.481 e. The number of sulfonamides is 1. The molecule has 8 nitrogen and oxygen atoms in total. The maximum absolute atomic E-state index is 12.4. The monoisotopic (exact) mass is 370 g/mol. The van der Waals surface area contributed by atoms with Crippen molar-refractivity contribution < 1.29 is 27.9 Å². The Balaban J connectivity index is 1.96. The lowest BCUT2D eigenvalue weighted by Gasteiger charge is -2.33. The number of hydrogen-bond acceptors (Lipinski definition) is 5. The number of amides is 1. The molecule has 9 heteroatoms. The third-order valence-electron chi connectivity index (χ3n) is 4.35. The van der Waals surface area contributed by atoms with Gasteiger partial charge in [0.25, 0.3) is 0 Å². The first-order valence-electron chi connectivity index (χ1n) is 7.87. The van der Waals surface area contributed by atoms with Crippen molar-refractivity contribution in [3.63, 3.8) is 0 Å². The van der Waals surface area contributed by atoms with Gasteiger partial charge in [-0.15, -0.1) is 0 Å². The summed E-state index contributed by atoms with van der Waals surface area (Å²) in [5.74, 6) is -1.53. The van der Waals surface area contributed by atoms with E-state index in [0.717, 1.165) is 4.31 Å². The summed E-state index contributed by atoms with van der Waals surface area (Å²) < 4.78 is 30.9. The number of aliphatic carboxylic acids is 1. The molecule has 1 aromatic carbocycles. The van der Waals surface area contributed by atoms with E-state index in [1.54, 1.807) is 18.2 Å².